The summed E-state index contributed by atoms with van der Waals surface area (Å²) in [5.74, 6) is -0.831. The third kappa shape index (κ3) is 2.39. The van der Waals surface area contributed by atoms with Crippen LogP contribution in [0, 0.1) is 0 Å². The number of carbonyl (C=O) groups excluding carboxylic acids is 2. The first-order valence-electron chi connectivity index (χ1n) is 6.62. The molecule has 4 aliphatic heterocycles. The molecule has 0 amide bonds. The second-order valence-electron chi connectivity index (χ2n) is 5.21. The summed E-state index contributed by atoms with van der Waals surface area (Å²) in [5, 5.41) is 0. The Labute approximate surface area is 114 Å². The highest BCUT2D eigenvalue weighted by Crippen LogP contribution is 2.32. The van der Waals surface area contributed by atoms with Crippen molar-refractivity contribution in [1.82, 2.24) is 0 Å². The van der Waals surface area contributed by atoms with Crippen molar-refractivity contribution < 1.29 is 38.0 Å². The highest BCUT2D eigenvalue weighted by Gasteiger charge is 2.49. The van der Waals surface area contributed by atoms with E-state index in [2.05, 4.69) is 0 Å². The molecule has 4 heterocycles. The predicted molar refractivity (Wildman–Crippen MR) is 58.5 cm³/mol. The Kier molecular flexibility index (Phi) is 2.92. The minimum absolute atomic E-state index is 0.310. The Balaban J connectivity index is 1.39. The Hall–Kier alpha value is -1.22. The third-order valence-corrected chi connectivity index (χ3v) is 3.64. The molecule has 0 spiro atoms. The number of epoxide rings is 2. The highest BCUT2D eigenvalue weighted by atomic mass is 16.8. The van der Waals surface area contributed by atoms with Gasteiger partial charge in [-0.05, 0) is 0 Å². The van der Waals surface area contributed by atoms with Crippen LogP contribution in [-0.4, -0.2) is 68.6 Å². The zero-order valence-electron chi connectivity index (χ0n) is 10.6. The van der Waals surface area contributed by atoms with Crippen molar-refractivity contribution in [2.75, 3.05) is 19.8 Å². The van der Waals surface area contributed by atoms with Gasteiger partial charge in [0.1, 0.15) is 12.2 Å². The van der Waals surface area contributed by atoms with Gasteiger partial charge in [-0.3, -0.25) is 0 Å². The standard InChI is InChI=1S/C12H14O8/c13-10(8-3-15-8)18-5-1-6(12-17-2-7(5)20-12)19-11(14)9-4-16-9/h5-9,12H,1-4H2. The zero-order chi connectivity index (χ0) is 13.7. The van der Waals surface area contributed by atoms with Crippen LogP contribution in [0.2, 0.25) is 0 Å². The molecule has 2 bridgehead atoms. The second-order valence-corrected chi connectivity index (χ2v) is 5.21. The summed E-state index contributed by atoms with van der Waals surface area (Å²) in [5.41, 5.74) is 0. The van der Waals surface area contributed by atoms with E-state index in [0.717, 1.165) is 0 Å². The van der Waals surface area contributed by atoms with Crippen LogP contribution in [0.4, 0.5) is 0 Å². The van der Waals surface area contributed by atoms with Crippen LogP contribution < -0.4 is 0 Å². The fourth-order valence-electron chi connectivity index (χ4n) is 2.37. The summed E-state index contributed by atoms with van der Waals surface area (Å²) in [6.07, 6.45) is -2.53. The molecule has 6 unspecified atom stereocenters. The molecular formula is C12H14O8. The number of carbonyl (C=O) groups is 2. The van der Waals surface area contributed by atoms with Gasteiger partial charge in [0.05, 0.1) is 19.8 Å². The summed E-state index contributed by atoms with van der Waals surface area (Å²) in [6, 6.07) is 0. The van der Waals surface area contributed by atoms with Gasteiger partial charge in [-0.15, -0.1) is 0 Å². The van der Waals surface area contributed by atoms with Crippen LogP contribution in [0.1, 0.15) is 6.42 Å². The lowest BCUT2D eigenvalue weighted by Crippen LogP contribution is -2.46. The number of fused-ring (bicyclic) bond motifs is 2. The summed E-state index contributed by atoms with van der Waals surface area (Å²) >= 11 is 0. The number of hydrogen-bond acceptors (Lipinski definition) is 8. The van der Waals surface area contributed by atoms with Gasteiger partial charge >= 0.3 is 11.9 Å². The lowest BCUT2D eigenvalue weighted by atomic mass is 10.0. The van der Waals surface area contributed by atoms with Gasteiger partial charge in [-0.2, -0.15) is 0 Å². The average Bonchev–Trinajstić information content (AvgIpc) is 3.31. The zero-order valence-corrected chi connectivity index (χ0v) is 10.6. The molecule has 8 nitrogen and oxygen atoms in total. The molecule has 0 aromatic carbocycles. The van der Waals surface area contributed by atoms with Crippen molar-refractivity contribution in [2.45, 2.75) is 43.2 Å². The van der Waals surface area contributed by atoms with Gasteiger partial charge < -0.3 is 28.4 Å². The van der Waals surface area contributed by atoms with E-state index < -0.39 is 42.6 Å². The normalized spacial score (nSPS) is 44.8. The van der Waals surface area contributed by atoms with Crippen LogP contribution in [-0.2, 0) is 38.0 Å². The van der Waals surface area contributed by atoms with Crippen LogP contribution in [0.25, 0.3) is 0 Å². The molecule has 0 N–H and O–H groups in total. The quantitative estimate of drug-likeness (QED) is 0.467. The maximum atomic E-state index is 11.6. The topological polar surface area (TPSA) is 96.1 Å². The Morgan fingerprint density at radius 1 is 0.850 bits per heavy atom. The van der Waals surface area contributed by atoms with Crippen molar-refractivity contribution in [3.05, 3.63) is 0 Å². The van der Waals surface area contributed by atoms with Crippen molar-refractivity contribution >= 4 is 11.9 Å². The number of esters is 2. The summed E-state index contributed by atoms with van der Waals surface area (Å²) in [6.45, 7) is 1.10. The lowest BCUT2D eigenvalue weighted by Gasteiger charge is -2.32. The molecule has 0 saturated carbocycles. The molecule has 4 rings (SSSR count). The Morgan fingerprint density at radius 3 is 2.05 bits per heavy atom. The van der Waals surface area contributed by atoms with Gasteiger partial charge in [0.25, 0.3) is 0 Å². The summed E-state index contributed by atoms with van der Waals surface area (Å²) < 4.78 is 31.4. The van der Waals surface area contributed by atoms with E-state index in [1.54, 1.807) is 0 Å². The van der Waals surface area contributed by atoms with E-state index in [4.69, 9.17) is 28.4 Å². The Morgan fingerprint density at radius 2 is 1.45 bits per heavy atom. The van der Waals surface area contributed by atoms with Crippen molar-refractivity contribution in [1.29, 1.82) is 0 Å². The van der Waals surface area contributed by atoms with Crippen LogP contribution in [0.15, 0.2) is 0 Å². The largest absolute Gasteiger partial charge is 0.457 e. The molecule has 20 heavy (non-hydrogen) atoms. The van der Waals surface area contributed by atoms with E-state index >= 15 is 0 Å². The summed E-state index contributed by atoms with van der Waals surface area (Å²) in [4.78, 5) is 23.2. The molecular weight excluding hydrogens is 272 g/mol. The first-order valence-corrected chi connectivity index (χ1v) is 6.62. The fourth-order valence-corrected chi connectivity index (χ4v) is 2.37. The smallest absolute Gasteiger partial charge is 0.338 e. The number of hydrogen-bond donors (Lipinski definition) is 0. The van der Waals surface area contributed by atoms with E-state index in [1.165, 1.54) is 0 Å². The van der Waals surface area contributed by atoms with E-state index in [-0.39, 0.29) is 6.10 Å². The van der Waals surface area contributed by atoms with E-state index in [1.807, 2.05) is 0 Å². The molecule has 0 aromatic heterocycles. The number of ether oxygens (including phenoxy) is 6. The molecule has 4 saturated heterocycles. The molecule has 110 valence electrons. The second kappa shape index (κ2) is 4.66. The van der Waals surface area contributed by atoms with Gasteiger partial charge in [0.2, 0.25) is 0 Å². The lowest BCUT2D eigenvalue weighted by molar-refractivity contribution is -0.211. The van der Waals surface area contributed by atoms with Gasteiger partial charge in [0.15, 0.2) is 24.6 Å². The first kappa shape index (κ1) is 12.5. The van der Waals surface area contributed by atoms with Gasteiger partial charge in [0, 0.05) is 6.42 Å². The number of rotatable bonds is 4. The monoisotopic (exact) mass is 286 g/mol. The van der Waals surface area contributed by atoms with Crippen LogP contribution in [0.3, 0.4) is 0 Å². The van der Waals surface area contributed by atoms with E-state index in [9.17, 15) is 9.59 Å². The maximum absolute atomic E-state index is 11.6. The SMILES string of the molecule is O=C(OC1CC(OC(=O)C2CO2)C2OCC1O2)C1CO1. The van der Waals surface area contributed by atoms with Gasteiger partial charge in [-0.25, -0.2) is 9.59 Å². The molecule has 8 heteroatoms. The van der Waals surface area contributed by atoms with Crippen molar-refractivity contribution in [3.8, 4) is 0 Å². The highest BCUT2D eigenvalue weighted by molar-refractivity contribution is 5.77. The van der Waals surface area contributed by atoms with Gasteiger partial charge in [-0.1, -0.05) is 0 Å². The van der Waals surface area contributed by atoms with Crippen LogP contribution in [0.5, 0.6) is 0 Å². The Bertz CT molecular complexity index is 391. The van der Waals surface area contributed by atoms with E-state index in [0.29, 0.717) is 26.2 Å². The van der Waals surface area contributed by atoms with Crippen LogP contribution >= 0.6 is 0 Å². The molecule has 4 fully saturated rings. The minimum Gasteiger partial charge on any atom is -0.457 e. The van der Waals surface area contributed by atoms with Crippen molar-refractivity contribution in [2.24, 2.45) is 0 Å². The minimum atomic E-state index is -0.588. The third-order valence-electron chi connectivity index (χ3n) is 3.64. The molecule has 0 aliphatic carbocycles. The first-order chi connectivity index (χ1) is 9.70. The fraction of sp³-hybridized carbons (Fsp3) is 0.833. The summed E-state index contributed by atoms with van der Waals surface area (Å²) in [7, 11) is 0. The van der Waals surface area contributed by atoms with Crippen molar-refractivity contribution in [3.63, 3.8) is 0 Å². The molecule has 6 atom stereocenters. The molecule has 4 aliphatic rings. The molecule has 0 aromatic rings. The molecule has 0 radical (unpaired) electrons. The maximum Gasteiger partial charge on any atom is 0.338 e. The average molecular weight is 286 g/mol. The predicted octanol–water partition coefficient (Wildman–Crippen LogP) is -1.25.